The van der Waals surface area contributed by atoms with Gasteiger partial charge in [-0.25, -0.2) is 4.79 Å². The summed E-state index contributed by atoms with van der Waals surface area (Å²) < 4.78 is 5.16. The molecule has 0 amide bonds. The minimum absolute atomic E-state index is 0.0336. The number of ether oxygens (including phenoxy) is 1. The Kier molecular flexibility index (Phi) is 9.28. The average Bonchev–Trinajstić information content (AvgIpc) is 2.66. The van der Waals surface area contributed by atoms with Gasteiger partial charge in [0.15, 0.2) is 5.76 Å². The van der Waals surface area contributed by atoms with E-state index in [2.05, 4.69) is 6.08 Å². The summed E-state index contributed by atoms with van der Waals surface area (Å²) in [5.41, 5.74) is 1.65. The summed E-state index contributed by atoms with van der Waals surface area (Å²) in [4.78, 5) is 36.4. The Bertz CT molecular complexity index is 745. The molecule has 0 aliphatic heterocycles. The second kappa shape index (κ2) is 10.9. The van der Waals surface area contributed by atoms with Gasteiger partial charge in [0.05, 0.1) is 6.26 Å². The van der Waals surface area contributed by atoms with Crippen LogP contribution in [0, 0.1) is 17.3 Å². The predicted molar refractivity (Wildman–Crippen MR) is 114 cm³/mol. The summed E-state index contributed by atoms with van der Waals surface area (Å²) in [5.74, 6) is -2.38. The van der Waals surface area contributed by atoms with E-state index in [1.54, 1.807) is 26.0 Å². The molecule has 0 saturated carbocycles. The van der Waals surface area contributed by atoms with Gasteiger partial charge in [-0.1, -0.05) is 24.1 Å². The fraction of sp³-hybridized carbons (Fsp3) is 0.542. The van der Waals surface area contributed by atoms with Crippen LogP contribution in [0.1, 0.15) is 67.2 Å². The zero-order valence-electron chi connectivity index (χ0n) is 18.5. The van der Waals surface area contributed by atoms with Crippen LogP contribution in [0.25, 0.3) is 0 Å². The number of carbonyl (C=O) groups excluding carboxylic acids is 3. The molecule has 1 rings (SSSR count). The molecule has 3 atom stereocenters. The lowest BCUT2D eigenvalue weighted by atomic mass is 9.65. The molecule has 1 aliphatic carbocycles. The van der Waals surface area contributed by atoms with Crippen molar-refractivity contribution >= 4 is 17.5 Å². The van der Waals surface area contributed by atoms with Crippen LogP contribution in [-0.2, 0) is 19.1 Å². The number of aliphatic hydroxyl groups excluding tert-OH is 1. The van der Waals surface area contributed by atoms with Crippen molar-refractivity contribution in [2.24, 2.45) is 17.3 Å². The van der Waals surface area contributed by atoms with Gasteiger partial charge in [-0.2, -0.15) is 0 Å². The van der Waals surface area contributed by atoms with Gasteiger partial charge in [-0.3, -0.25) is 4.79 Å². The molecule has 0 spiro atoms. The highest BCUT2D eigenvalue weighted by Crippen LogP contribution is 2.46. The highest BCUT2D eigenvalue weighted by Gasteiger charge is 2.43. The number of ketones is 2. The van der Waals surface area contributed by atoms with Crippen LogP contribution < -0.4 is 0 Å². The molecule has 0 aromatic rings. The van der Waals surface area contributed by atoms with Crippen molar-refractivity contribution in [3.8, 4) is 0 Å². The first-order valence-electron chi connectivity index (χ1n) is 10.0. The maximum Gasteiger partial charge on any atom is 0.335 e. The lowest BCUT2D eigenvalue weighted by Gasteiger charge is -2.38. The smallest absolute Gasteiger partial charge is 0.335 e. The minimum Gasteiger partial charge on any atom is -0.505 e. The zero-order valence-corrected chi connectivity index (χ0v) is 18.5. The van der Waals surface area contributed by atoms with Gasteiger partial charge in [0.25, 0.3) is 0 Å². The Labute approximate surface area is 174 Å². The van der Waals surface area contributed by atoms with E-state index in [1.165, 1.54) is 24.8 Å². The molecule has 0 saturated heterocycles. The van der Waals surface area contributed by atoms with E-state index in [4.69, 9.17) is 4.74 Å². The van der Waals surface area contributed by atoms with Crippen molar-refractivity contribution < 1.29 is 24.2 Å². The number of hydrogen-bond donors (Lipinski definition) is 1. The van der Waals surface area contributed by atoms with E-state index in [0.717, 1.165) is 18.4 Å². The molecule has 5 nitrogen and oxygen atoms in total. The molecule has 1 N–H and O–H groups in total. The zero-order chi connectivity index (χ0) is 22.2. The molecule has 0 radical (unpaired) electrons. The van der Waals surface area contributed by atoms with E-state index < -0.39 is 17.7 Å². The lowest BCUT2D eigenvalue weighted by molar-refractivity contribution is -0.132. The molecule has 0 fully saturated rings. The number of carbonyl (C=O) groups is 3. The topological polar surface area (TPSA) is 80.7 Å². The number of Topliss-reactive ketones (excluding diaryl/α,β-unsaturated/α-hetero) is 2. The summed E-state index contributed by atoms with van der Waals surface area (Å²) >= 11 is 0. The van der Waals surface area contributed by atoms with Crippen LogP contribution >= 0.6 is 0 Å². The molecule has 0 aromatic carbocycles. The van der Waals surface area contributed by atoms with E-state index in [0.29, 0.717) is 6.42 Å². The second-order valence-corrected chi connectivity index (χ2v) is 8.66. The highest BCUT2D eigenvalue weighted by atomic mass is 16.5. The molecule has 5 heteroatoms. The van der Waals surface area contributed by atoms with Gasteiger partial charge in [0.2, 0.25) is 5.78 Å². The van der Waals surface area contributed by atoms with Crippen LogP contribution in [0.2, 0.25) is 0 Å². The van der Waals surface area contributed by atoms with Crippen LogP contribution in [-0.4, -0.2) is 22.6 Å². The first-order chi connectivity index (χ1) is 13.5. The fourth-order valence-corrected chi connectivity index (χ4v) is 3.72. The molecule has 29 heavy (non-hydrogen) atoms. The van der Waals surface area contributed by atoms with Crippen LogP contribution in [0.5, 0.6) is 0 Å². The number of aliphatic hydroxyl groups is 1. The average molecular weight is 403 g/mol. The lowest BCUT2D eigenvalue weighted by Crippen LogP contribution is -2.35. The van der Waals surface area contributed by atoms with E-state index in [-0.39, 0.29) is 29.3 Å². The molecule has 0 bridgehead atoms. The first-order valence-corrected chi connectivity index (χ1v) is 10.0. The molecule has 160 valence electrons. The third kappa shape index (κ3) is 7.84. The Hall–Kier alpha value is -2.43. The maximum absolute atomic E-state index is 12.8. The highest BCUT2D eigenvalue weighted by molar-refractivity contribution is 5.98. The number of rotatable bonds is 8. The summed E-state index contributed by atoms with van der Waals surface area (Å²) in [6.07, 6.45) is 10.2. The van der Waals surface area contributed by atoms with E-state index >= 15 is 0 Å². The van der Waals surface area contributed by atoms with Gasteiger partial charge < -0.3 is 14.6 Å². The molecular weight excluding hydrogens is 368 g/mol. The van der Waals surface area contributed by atoms with Crippen LogP contribution in [0.4, 0.5) is 0 Å². The molecule has 0 heterocycles. The first kappa shape index (κ1) is 24.6. The van der Waals surface area contributed by atoms with Crippen molar-refractivity contribution in [2.45, 2.75) is 67.2 Å². The van der Waals surface area contributed by atoms with E-state index in [1.807, 2.05) is 20.8 Å². The molecular formula is C24H34O5. The van der Waals surface area contributed by atoms with Crippen molar-refractivity contribution in [2.75, 3.05) is 0 Å². The standard InChI is InChI=1S/C24H34O5/c1-16(2)8-7-11-24(6)12-9-21(26)23(28)19(15-18(5)25)20(24)10-13-29-22(27)14-17(3)4/h8-10,13-14,19-20,26H,7,11-12,15H2,1-6H3. The summed E-state index contributed by atoms with van der Waals surface area (Å²) in [6.45, 7) is 11.1. The third-order valence-electron chi connectivity index (χ3n) is 5.24. The van der Waals surface area contributed by atoms with Gasteiger partial charge in [0.1, 0.15) is 5.78 Å². The fourth-order valence-electron chi connectivity index (χ4n) is 3.72. The molecule has 0 aromatic heterocycles. The third-order valence-corrected chi connectivity index (χ3v) is 5.24. The number of hydrogen-bond acceptors (Lipinski definition) is 5. The quantitative estimate of drug-likeness (QED) is 0.255. The van der Waals surface area contributed by atoms with Crippen molar-refractivity contribution in [3.05, 3.63) is 47.5 Å². The van der Waals surface area contributed by atoms with Gasteiger partial charge in [0, 0.05) is 18.4 Å². The molecule has 3 unspecified atom stereocenters. The van der Waals surface area contributed by atoms with Crippen molar-refractivity contribution in [3.63, 3.8) is 0 Å². The monoisotopic (exact) mass is 402 g/mol. The Morgan fingerprint density at radius 1 is 1.21 bits per heavy atom. The minimum atomic E-state index is -0.693. The summed E-state index contributed by atoms with van der Waals surface area (Å²) in [5, 5.41) is 10.2. The van der Waals surface area contributed by atoms with Crippen LogP contribution in [0.15, 0.2) is 47.5 Å². The number of allylic oxidation sites excluding steroid dienone is 6. The Morgan fingerprint density at radius 2 is 1.86 bits per heavy atom. The number of esters is 1. The SMILES string of the molecule is CC(=O)CC1C(=O)C(O)=CCC(C)(CCC=C(C)C)C1C=COC(=O)C=C(C)C. The largest absolute Gasteiger partial charge is 0.505 e. The van der Waals surface area contributed by atoms with Crippen LogP contribution in [0.3, 0.4) is 0 Å². The molecule has 1 aliphatic rings. The Morgan fingerprint density at radius 3 is 2.41 bits per heavy atom. The van der Waals surface area contributed by atoms with Gasteiger partial charge in [-0.15, -0.1) is 0 Å². The maximum atomic E-state index is 12.8. The van der Waals surface area contributed by atoms with Gasteiger partial charge in [-0.05, 0) is 77.4 Å². The second-order valence-electron chi connectivity index (χ2n) is 8.66. The van der Waals surface area contributed by atoms with Gasteiger partial charge >= 0.3 is 5.97 Å². The van der Waals surface area contributed by atoms with Crippen molar-refractivity contribution in [1.82, 2.24) is 0 Å². The normalized spacial score (nSPS) is 24.5. The van der Waals surface area contributed by atoms with Crippen molar-refractivity contribution in [1.29, 1.82) is 0 Å². The summed E-state index contributed by atoms with van der Waals surface area (Å²) in [7, 11) is 0. The van der Waals surface area contributed by atoms with E-state index in [9.17, 15) is 19.5 Å². The predicted octanol–water partition coefficient (Wildman–Crippen LogP) is 5.39. The Balaban J connectivity index is 3.27. The summed E-state index contributed by atoms with van der Waals surface area (Å²) in [6, 6.07) is 0.